The van der Waals surface area contributed by atoms with Gasteiger partial charge in [0.1, 0.15) is 13.2 Å². The molecule has 0 fully saturated rings. The number of carbonyl (C=O) groups excluding carboxylic acids is 3. The number of rotatable bonds is 54. The molecule has 0 unspecified atom stereocenters. The summed E-state index contributed by atoms with van der Waals surface area (Å²) in [5, 5.41) is 0. The van der Waals surface area contributed by atoms with Gasteiger partial charge < -0.3 is 14.2 Å². The molecule has 0 bridgehead atoms. The fourth-order valence-electron chi connectivity index (χ4n) is 8.49. The molecule has 0 N–H and O–H groups in total. The van der Waals surface area contributed by atoms with E-state index in [0.29, 0.717) is 19.3 Å². The van der Waals surface area contributed by atoms with E-state index in [2.05, 4.69) is 81.5 Å². The molecule has 400 valence electrons. The van der Waals surface area contributed by atoms with Gasteiger partial charge in [0.25, 0.3) is 0 Å². The Morgan fingerprint density at radius 1 is 0.290 bits per heavy atom. The first-order valence-electron chi connectivity index (χ1n) is 29.8. The van der Waals surface area contributed by atoms with Gasteiger partial charge in [-0.15, -0.1) is 0 Å². The third-order valence-electron chi connectivity index (χ3n) is 13.0. The number of ether oxygens (including phenoxy) is 3. The van der Waals surface area contributed by atoms with Gasteiger partial charge in [-0.1, -0.05) is 261 Å². The van der Waals surface area contributed by atoms with Crippen molar-refractivity contribution in [2.75, 3.05) is 13.2 Å². The average Bonchev–Trinajstić information content (AvgIpc) is 3.35. The second-order valence-electron chi connectivity index (χ2n) is 19.9. The van der Waals surface area contributed by atoms with Gasteiger partial charge in [0.2, 0.25) is 0 Å². The van der Waals surface area contributed by atoms with Gasteiger partial charge in [-0.25, -0.2) is 0 Å². The van der Waals surface area contributed by atoms with Crippen molar-refractivity contribution in [3.05, 3.63) is 60.8 Å². The van der Waals surface area contributed by atoms with E-state index >= 15 is 0 Å². The van der Waals surface area contributed by atoms with Gasteiger partial charge in [-0.3, -0.25) is 14.4 Å². The summed E-state index contributed by atoms with van der Waals surface area (Å²) in [4.78, 5) is 38.2. The Labute approximate surface area is 428 Å². The largest absolute Gasteiger partial charge is 0.462 e. The van der Waals surface area contributed by atoms with Gasteiger partial charge in [0.05, 0.1) is 0 Å². The predicted octanol–water partition coefficient (Wildman–Crippen LogP) is 20.0. The van der Waals surface area contributed by atoms with Crippen LogP contribution in [0.15, 0.2) is 60.8 Å². The van der Waals surface area contributed by atoms with Gasteiger partial charge in [-0.05, 0) is 83.5 Å². The number of allylic oxidation sites excluding steroid dienone is 10. The van der Waals surface area contributed by atoms with E-state index in [1.54, 1.807) is 0 Å². The zero-order chi connectivity index (χ0) is 50.0. The summed E-state index contributed by atoms with van der Waals surface area (Å²) in [7, 11) is 0. The lowest BCUT2D eigenvalue weighted by atomic mass is 10.0. The molecular formula is C63H112O6. The molecule has 0 saturated carbocycles. The van der Waals surface area contributed by atoms with Crippen molar-refractivity contribution in [3.63, 3.8) is 0 Å². The van der Waals surface area contributed by atoms with Gasteiger partial charge >= 0.3 is 17.9 Å². The van der Waals surface area contributed by atoms with Gasteiger partial charge in [-0.2, -0.15) is 0 Å². The Hall–Kier alpha value is -2.89. The smallest absolute Gasteiger partial charge is 0.306 e. The first-order chi connectivity index (χ1) is 34.0. The van der Waals surface area contributed by atoms with Crippen molar-refractivity contribution in [2.24, 2.45) is 0 Å². The second kappa shape index (κ2) is 57.7. The highest BCUT2D eigenvalue weighted by atomic mass is 16.6. The summed E-state index contributed by atoms with van der Waals surface area (Å²) >= 11 is 0. The highest BCUT2D eigenvalue weighted by Crippen LogP contribution is 2.16. The van der Waals surface area contributed by atoms with E-state index in [4.69, 9.17) is 14.2 Å². The molecule has 69 heavy (non-hydrogen) atoms. The van der Waals surface area contributed by atoms with Crippen LogP contribution in [0.1, 0.15) is 303 Å². The van der Waals surface area contributed by atoms with Crippen LogP contribution in [0, 0.1) is 0 Å². The fourth-order valence-corrected chi connectivity index (χ4v) is 8.49. The molecule has 0 spiro atoms. The first kappa shape index (κ1) is 66.1. The predicted molar refractivity (Wildman–Crippen MR) is 298 cm³/mol. The van der Waals surface area contributed by atoms with Crippen LogP contribution in [-0.2, 0) is 28.6 Å². The zero-order valence-electron chi connectivity index (χ0n) is 45.8. The van der Waals surface area contributed by atoms with Crippen molar-refractivity contribution < 1.29 is 28.6 Å². The van der Waals surface area contributed by atoms with E-state index < -0.39 is 6.10 Å². The topological polar surface area (TPSA) is 78.9 Å². The molecule has 6 nitrogen and oxygen atoms in total. The molecule has 0 radical (unpaired) electrons. The average molecular weight is 966 g/mol. The summed E-state index contributed by atoms with van der Waals surface area (Å²) in [6.45, 7) is 6.59. The molecule has 0 rings (SSSR count). The second-order valence-corrected chi connectivity index (χ2v) is 19.9. The van der Waals surface area contributed by atoms with Crippen LogP contribution < -0.4 is 0 Å². The summed E-state index contributed by atoms with van der Waals surface area (Å²) in [5.41, 5.74) is 0. The minimum Gasteiger partial charge on any atom is -0.462 e. The molecule has 0 aliphatic carbocycles. The van der Waals surface area contributed by atoms with Crippen molar-refractivity contribution in [3.8, 4) is 0 Å². The molecular weight excluding hydrogens is 853 g/mol. The Kier molecular flexibility index (Phi) is 55.3. The summed E-state index contributed by atoms with van der Waals surface area (Å²) < 4.78 is 16.8. The third-order valence-corrected chi connectivity index (χ3v) is 13.0. The van der Waals surface area contributed by atoms with Crippen LogP contribution in [0.5, 0.6) is 0 Å². The van der Waals surface area contributed by atoms with Crippen LogP contribution in [0.4, 0.5) is 0 Å². The van der Waals surface area contributed by atoms with Crippen molar-refractivity contribution in [1.82, 2.24) is 0 Å². The molecule has 0 heterocycles. The Balaban J connectivity index is 4.42. The third kappa shape index (κ3) is 55.9. The minimum atomic E-state index is -0.796. The molecule has 1 atom stereocenters. The first-order valence-corrected chi connectivity index (χ1v) is 29.8. The molecule has 0 aromatic heterocycles. The maximum Gasteiger partial charge on any atom is 0.306 e. The summed E-state index contributed by atoms with van der Waals surface area (Å²) in [6.07, 6.45) is 72.2. The number of esters is 3. The fraction of sp³-hybridized carbons (Fsp3) is 0.794. The molecule has 0 amide bonds. The Morgan fingerprint density at radius 2 is 0.536 bits per heavy atom. The van der Waals surface area contributed by atoms with Crippen LogP contribution in [0.2, 0.25) is 0 Å². The molecule has 0 aromatic carbocycles. The molecule has 0 saturated heterocycles. The molecule has 6 heteroatoms. The van der Waals surface area contributed by atoms with Crippen molar-refractivity contribution in [2.45, 2.75) is 309 Å². The lowest BCUT2D eigenvalue weighted by molar-refractivity contribution is -0.167. The van der Waals surface area contributed by atoms with E-state index in [9.17, 15) is 14.4 Å². The van der Waals surface area contributed by atoms with Crippen LogP contribution in [0.3, 0.4) is 0 Å². The normalized spacial score (nSPS) is 12.4. The SMILES string of the molecule is CCCCC/C=C\C/C=C\C/C=C\C/C=C\CCCC(=O)OC[C@H](COC(=O)CCCCCCCCC/C=C\CCCCCC)OC(=O)CCCCCCCCCCCCCCCCCCCCC. The number of hydrogen-bond acceptors (Lipinski definition) is 6. The Morgan fingerprint density at radius 3 is 0.928 bits per heavy atom. The highest BCUT2D eigenvalue weighted by molar-refractivity contribution is 5.71. The van der Waals surface area contributed by atoms with E-state index in [-0.39, 0.29) is 37.5 Å². The van der Waals surface area contributed by atoms with E-state index in [0.717, 1.165) is 64.2 Å². The number of hydrogen-bond donors (Lipinski definition) is 0. The lowest BCUT2D eigenvalue weighted by Crippen LogP contribution is -2.30. The van der Waals surface area contributed by atoms with Gasteiger partial charge in [0, 0.05) is 19.3 Å². The number of carbonyl (C=O) groups is 3. The van der Waals surface area contributed by atoms with Crippen molar-refractivity contribution >= 4 is 17.9 Å². The minimum absolute atomic E-state index is 0.0908. The van der Waals surface area contributed by atoms with Crippen LogP contribution in [-0.4, -0.2) is 37.2 Å². The summed E-state index contributed by atoms with van der Waals surface area (Å²) in [5.74, 6) is -0.939. The van der Waals surface area contributed by atoms with E-state index in [1.807, 2.05) is 0 Å². The van der Waals surface area contributed by atoms with Crippen LogP contribution >= 0.6 is 0 Å². The maximum atomic E-state index is 12.9. The zero-order valence-corrected chi connectivity index (χ0v) is 45.8. The monoisotopic (exact) mass is 965 g/mol. The Bertz CT molecular complexity index is 1250. The van der Waals surface area contributed by atoms with Gasteiger partial charge in [0.15, 0.2) is 6.10 Å². The molecule has 0 aliphatic rings. The van der Waals surface area contributed by atoms with Crippen molar-refractivity contribution in [1.29, 1.82) is 0 Å². The highest BCUT2D eigenvalue weighted by Gasteiger charge is 2.19. The molecule has 0 aliphatic heterocycles. The molecule has 0 aromatic rings. The standard InChI is InChI=1S/C63H112O6/c1-4-7-10-13-16-19-22-25-28-30-31-33-36-39-42-45-48-51-54-57-63(66)69-60(58-67-61(64)55-52-49-46-43-40-37-34-27-24-21-18-15-12-9-6-3)59-68-62(65)56-53-50-47-44-41-38-35-32-29-26-23-20-17-14-11-8-5-2/h17,20-21,24,26,29,35,38,44,47,60H,4-16,18-19,22-23,25,27-28,30-34,36-37,39-43,45-46,48-59H2,1-3H3/b20-17-,24-21-,29-26-,38-35-,47-44-/t60-/m0/s1. The quantitative estimate of drug-likeness (QED) is 0.0262. The summed E-state index contributed by atoms with van der Waals surface area (Å²) in [6, 6.07) is 0. The number of unbranched alkanes of at least 4 members (excludes halogenated alkanes) is 33. The lowest BCUT2D eigenvalue weighted by Gasteiger charge is -2.18. The van der Waals surface area contributed by atoms with E-state index in [1.165, 1.54) is 193 Å². The van der Waals surface area contributed by atoms with Crippen LogP contribution in [0.25, 0.3) is 0 Å². The maximum absolute atomic E-state index is 12.9.